The number of anilines is 1. The number of hydrogen-bond acceptors (Lipinski definition) is 2. The van der Waals surface area contributed by atoms with Gasteiger partial charge >= 0.3 is 6.18 Å². The van der Waals surface area contributed by atoms with E-state index in [1.165, 1.54) is 12.3 Å². The molecule has 0 aliphatic rings. The minimum absolute atomic E-state index is 0.716. The van der Waals surface area contributed by atoms with Crippen LogP contribution in [-0.2, 0) is 6.18 Å². The second-order valence-corrected chi connectivity index (χ2v) is 3.07. The molecule has 0 atom stereocenters. The molecular formula is C10H13F3N2. The summed E-state index contributed by atoms with van der Waals surface area (Å²) < 4.78 is 36.6. The van der Waals surface area contributed by atoms with E-state index in [0.29, 0.717) is 5.69 Å². The van der Waals surface area contributed by atoms with Crippen LogP contribution in [0.25, 0.3) is 0 Å². The lowest BCUT2D eigenvalue weighted by atomic mass is 10.3. The van der Waals surface area contributed by atoms with Crippen molar-refractivity contribution in [1.29, 1.82) is 0 Å². The number of pyridine rings is 1. The minimum atomic E-state index is -4.36. The molecule has 0 amide bonds. The Morgan fingerprint density at radius 3 is 2.13 bits per heavy atom. The van der Waals surface area contributed by atoms with Crippen molar-refractivity contribution in [2.45, 2.75) is 20.0 Å². The number of aromatic nitrogens is 1. The van der Waals surface area contributed by atoms with Crippen molar-refractivity contribution in [2.75, 3.05) is 18.0 Å². The maximum atomic E-state index is 12.2. The van der Waals surface area contributed by atoms with E-state index in [2.05, 4.69) is 4.98 Å². The molecule has 0 aliphatic carbocycles. The molecule has 0 bridgehead atoms. The summed E-state index contributed by atoms with van der Waals surface area (Å²) in [6.45, 7) is 5.40. The molecule has 0 spiro atoms. The van der Waals surface area contributed by atoms with Gasteiger partial charge in [-0.2, -0.15) is 13.2 Å². The van der Waals surface area contributed by atoms with Gasteiger partial charge in [-0.3, -0.25) is 0 Å². The molecule has 0 saturated heterocycles. The van der Waals surface area contributed by atoms with Crippen molar-refractivity contribution >= 4 is 5.69 Å². The SMILES string of the molecule is CCN(CC)c1ccc(C(F)(F)F)nc1. The van der Waals surface area contributed by atoms with Gasteiger partial charge in [-0.1, -0.05) is 0 Å². The van der Waals surface area contributed by atoms with Gasteiger partial charge in [0.15, 0.2) is 0 Å². The lowest BCUT2D eigenvalue weighted by Crippen LogP contribution is -2.22. The van der Waals surface area contributed by atoms with Gasteiger partial charge in [0, 0.05) is 13.1 Å². The fraction of sp³-hybridized carbons (Fsp3) is 0.500. The van der Waals surface area contributed by atoms with E-state index in [1.807, 2.05) is 18.7 Å². The third-order valence-electron chi connectivity index (χ3n) is 2.17. The third kappa shape index (κ3) is 2.84. The zero-order chi connectivity index (χ0) is 11.5. The predicted octanol–water partition coefficient (Wildman–Crippen LogP) is 2.95. The van der Waals surface area contributed by atoms with E-state index >= 15 is 0 Å². The quantitative estimate of drug-likeness (QED) is 0.775. The van der Waals surface area contributed by atoms with E-state index in [4.69, 9.17) is 0 Å². The molecule has 0 N–H and O–H groups in total. The van der Waals surface area contributed by atoms with Gasteiger partial charge in [0.2, 0.25) is 0 Å². The fourth-order valence-corrected chi connectivity index (χ4v) is 1.33. The van der Waals surface area contributed by atoms with Gasteiger partial charge in [0.1, 0.15) is 5.69 Å². The molecule has 1 aromatic heterocycles. The van der Waals surface area contributed by atoms with E-state index in [1.54, 1.807) is 0 Å². The van der Waals surface area contributed by atoms with Crippen molar-refractivity contribution in [2.24, 2.45) is 0 Å². The highest BCUT2D eigenvalue weighted by Gasteiger charge is 2.32. The standard InChI is InChI=1S/C10H13F3N2/c1-3-15(4-2)8-5-6-9(14-7-8)10(11,12)13/h5-7H,3-4H2,1-2H3. The Bertz CT molecular complexity index is 301. The van der Waals surface area contributed by atoms with Gasteiger partial charge in [0.05, 0.1) is 11.9 Å². The van der Waals surface area contributed by atoms with Gasteiger partial charge in [0.25, 0.3) is 0 Å². The largest absolute Gasteiger partial charge is 0.433 e. The topological polar surface area (TPSA) is 16.1 Å². The molecular weight excluding hydrogens is 205 g/mol. The Kier molecular flexibility index (Phi) is 3.55. The molecule has 0 fully saturated rings. The van der Waals surface area contributed by atoms with Crippen LogP contribution in [0, 0.1) is 0 Å². The summed E-state index contributed by atoms with van der Waals surface area (Å²) in [5, 5.41) is 0. The van der Waals surface area contributed by atoms with Crippen LogP contribution in [0.4, 0.5) is 18.9 Å². The van der Waals surface area contributed by atoms with Crippen LogP contribution < -0.4 is 4.90 Å². The molecule has 1 heterocycles. The second-order valence-electron chi connectivity index (χ2n) is 3.07. The van der Waals surface area contributed by atoms with Crippen LogP contribution in [0.3, 0.4) is 0 Å². The van der Waals surface area contributed by atoms with Gasteiger partial charge in [-0.15, -0.1) is 0 Å². The lowest BCUT2D eigenvalue weighted by molar-refractivity contribution is -0.141. The summed E-state index contributed by atoms with van der Waals surface area (Å²) in [7, 11) is 0. The highest BCUT2D eigenvalue weighted by Crippen LogP contribution is 2.28. The van der Waals surface area contributed by atoms with Crippen LogP contribution in [0.1, 0.15) is 19.5 Å². The fourth-order valence-electron chi connectivity index (χ4n) is 1.33. The molecule has 0 saturated carbocycles. The second kappa shape index (κ2) is 4.51. The van der Waals surface area contributed by atoms with Crippen LogP contribution >= 0.6 is 0 Å². The van der Waals surface area contributed by atoms with Crippen molar-refractivity contribution < 1.29 is 13.2 Å². The van der Waals surface area contributed by atoms with Crippen LogP contribution in [0.15, 0.2) is 18.3 Å². The molecule has 2 nitrogen and oxygen atoms in total. The van der Waals surface area contributed by atoms with Crippen molar-refractivity contribution in [3.63, 3.8) is 0 Å². The number of nitrogens with zero attached hydrogens (tertiary/aromatic N) is 2. The van der Waals surface area contributed by atoms with Gasteiger partial charge in [-0.25, -0.2) is 4.98 Å². The maximum Gasteiger partial charge on any atom is 0.433 e. The van der Waals surface area contributed by atoms with E-state index in [9.17, 15) is 13.2 Å². The first-order valence-corrected chi connectivity index (χ1v) is 4.77. The first-order valence-electron chi connectivity index (χ1n) is 4.77. The Labute approximate surface area is 86.7 Å². The Hall–Kier alpha value is -1.26. The Morgan fingerprint density at radius 2 is 1.80 bits per heavy atom. The molecule has 0 aliphatic heterocycles. The van der Waals surface area contributed by atoms with Crippen molar-refractivity contribution in [1.82, 2.24) is 4.98 Å². The summed E-state index contributed by atoms with van der Waals surface area (Å²) in [4.78, 5) is 5.34. The molecule has 1 aromatic rings. The van der Waals surface area contributed by atoms with Crippen LogP contribution in [0.5, 0.6) is 0 Å². The maximum absolute atomic E-state index is 12.2. The zero-order valence-electron chi connectivity index (χ0n) is 8.67. The highest BCUT2D eigenvalue weighted by molar-refractivity contribution is 5.44. The molecule has 5 heteroatoms. The summed E-state index contributed by atoms with van der Waals surface area (Å²) >= 11 is 0. The van der Waals surface area contributed by atoms with Crippen molar-refractivity contribution in [3.8, 4) is 0 Å². The summed E-state index contributed by atoms with van der Waals surface area (Å²) in [5.41, 5.74) is -0.133. The predicted molar refractivity (Wildman–Crippen MR) is 52.8 cm³/mol. The molecule has 0 unspecified atom stereocenters. The Morgan fingerprint density at radius 1 is 1.20 bits per heavy atom. The number of hydrogen-bond donors (Lipinski definition) is 0. The summed E-state index contributed by atoms with van der Waals surface area (Å²) in [6.07, 6.45) is -3.10. The number of alkyl halides is 3. The van der Waals surface area contributed by atoms with Crippen LogP contribution in [-0.4, -0.2) is 18.1 Å². The van der Waals surface area contributed by atoms with Gasteiger partial charge in [-0.05, 0) is 26.0 Å². The average molecular weight is 218 g/mol. The zero-order valence-corrected chi connectivity index (χ0v) is 8.67. The third-order valence-corrected chi connectivity index (χ3v) is 2.17. The van der Waals surface area contributed by atoms with Crippen LogP contribution in [0.2, 0.25) is 0 Å². The van der Waals surface area contributed by atoms with E-state index in [-0.39, 0.29) is 0 Å². The molecule has 15 heavy (non-hydrogen) atoms. The number of halogens is 3. The van der Waals surface area contributed by atoms with E-state index in [0.717, 1.165) is 19.2 Å². The summed E-state index contributed by atoms with van der Waals surface area (Å²) in [5.74, 6) is 0. The highest BCUT2D eigenvalue weighted by atomic mass is 19.4. The molecule has 0 aromatic carbocycles. The van der Waals surface area contributed by atoms with Gasteiger partial charge < -0.3 is 4.90 Å². The molecule has 84 valence electrons. The van der Waals surface area contributed by atoms with Crippen molar-refractivity contribution in [3.05, 3.63) is 24.0 Å². The molecule has 1 rings (SSSR count). The number of rotatable bonds is 3. The minimum Gasteiger partial charge on any atom is -0.371 e. The monoisotopic (exact) mass is 218 g/mol. The lowest BCUT2D eigenvalue weighted by Gasteiger charge is -2.20. The first-order chi connectivity index (χ1) is 6.99. The smallest absolute Gasteiger partial charge is 0.371 e. The Balaban J connectivity index is 2.89. The summed E-state index contributed by atoms with van der Waals surface area (Å²) in [6, 6.07) is 2.45. The molecule has 0 radical (unpaired) electrons. The normalized spacial score (nSPS) is 11.5. The first kappa shape index (κ1) is 11.8. The average Bonchev–Trinajstić information content (AvgIpc) is 2.19. The van der Waals surface area contributed by atoms with E-state index < -0.39 is 11.9 Å².